The zero-order chi connectivity index (χ0) is 11.4. The topological polar surface area (TPSA) is 71.3 Å². The van der Waals surface area contributed by atoms with Crippen molar-refractivity contribution in [3.8, 4) is 0 Å². The summed E-state index contributed by atoms with van der Waals surface area (Å²) >= 11 is 6.91. The molecule has 6 nitrogen and oxygen atoms in total. The highest BCUT2D eigenvalue weighted by atomic mass is 35.5. The molecule has 1 aromatic rings. The van der Waals surface area contributed by atoms with E-state index in [1.807, 2.05) is 0 Å². The zero-order valence-electron chi connectivity index (χ0n) is 8.10. The molecule has 1 rings (SSSR count). The molecule has 0 aliphatic carbocycles. The van der Waals surface area contributed by atoms with Crippen molar-refractivity contribution < 1.29 is 4.92 Å². The second-order valence-corrected chi connectivity index (χ2v) is 4.15. The van der Waals surface area contributed by atoms with Crippen LogP contribution in [0.5, 0.6) is 0 Å². The zero-order valence-corrected chi connectivity index (χ0v) is 9.67. The summed E-state index contributed by atoms with van der Waals surface area (Å²) in [5, 5.41) is 13.8. The van der Waals surface area contributed by atoms with Gasteiger partial charge in [0, 0.05) is 14.1 Å². The summed E-state index contributed by atoms with van der Waals surface area (Å²) in [5.41, 5.74) is 0. The minimum atomic E-state index is -0.523. The molecular formula is C7H9ClN4O2S. The molecule has 0 aromatic carbocycles. The van der Waals surface area contributed by atoms with Crippen LogP contribution in [0.3, 0.4) is 0 Å². The van der Waals surface area contributed by atoms with Crippen LogP contribution in [0.25, 0.3) is 0 Å². The Morgan fingerprint density at radius 2 is 2.53 bits per heavy atom. The highest BCUT2D eigenvalue weighted by Gasteiger charge is 2.12. The quantitative estimate of drug-likeness (QED) is 0.646. The van der Waals surface area contributed by atoms with Gasteiger partial charge in [-0.2, -0.15) is 0 Å². The van der Waals surface area contributed by atoms with Crippen molar-refractivity contribution in [1.29, 1.82) is 0 Å². The molecule has 1 N–H and O–H groups in total. The lowest BCUT2D eigenvalue weighted by Gasteiger charge is -2.17. The van der Waals surface area contributed by atoms with Crippen molar-refractivity contribution in [2.24, 2.45) is 0 Å². The Labute approximate surface area is 95.3 Å². The number of thiazole rings is 1. The molecule has 0 atom stereocenters. The van der Waals surface area contributed by atoms with Gasteiger partial charge in [-0.15, -0.1) is 0 Å². The van der Waals surface area contributed by atoms with Crippen molar-refractivity contribution >= 4 is 27.9 Å². The van der Waals surface area contributed by atoms with Gasteiger partial charge in [0.25, 0.3) is 6.20 Å². The van der Waals surface area contributed by atoms with Crippen molar-refractivity contribution in [1.82, 2.24) is 10.3 Å². The van der Waals surface area contributed by atoms with Crippen molar-refractivity contribution in [3.63, 3.8) is 0 Å². The molecular weight excluding hydrogens is 240 g/mol. The van der Waals surface area contributed by atoms with Gasteiger partial charge in [0.2, 0.25) is 0 Å². The molecule has 0 spiro atoms. The van der Waals surface area contributed by atoms with Gasteiger partial charge in [-0.3, -0.25) is 10.1 Å². The summed E-state index contributed by atoms with van der Waals surface area (Å²) in [6.45, 7) is 0. The summed E-state index contributed by atoms with van der Waals surface area (Å²) in [6.07, 6.45) is 2.44. The van der Waals surface area contributed by atoms with E-state index < -0.39 is 4.92 Å². The van der Waals surface area contributed by atoms with Crippen LogP contribution in [-0.4, -0.2) is 24.0 Å². The average molecular weight is 249 g/mol. The maximum Gasteiger partial charge on any atom is 0.274 e. The van der Waals surface area contributed by atoms with Crippen LogP contribution < -0.4 is 10.2 Å². The van der Waals surface area contributed by atoms with Gasteiger partial charge in [-0.05, 0) is 0 Å². The fourth-order valence-corrected chi connectivity index (χ4v) is 1.84. The number of halogens is 1. The number of aromatic nitrogens is 1. The predicted molar refractivity (Wildman–Crippen MR) is 59.7 cm³/mol. The van der Waals surface area contributed by atoms with Crippen molar-refractivity contribution in [2.75, 3.05) is 19.0 Å². The Kier molecular flexibility index (Phi) is 3.87. The van der Waals surface area contributed by atoms with E-state index in [4.69, 9.17) is 11.6 Å². The highest BCUT2D eigenvalue weighted by molar-refractivity contribution is 7.19. The first kappa shape index (κ1) is 11.7. The van der Waals surface area contributed by atoms with E-state index in [-0.39, 0.29) is 0 Å². The van der Waals surface area contributed by atoms with Crippen LogP contribution in [0.4, 0.5) is 5.00 Å². The molecule has 0 amide bonds. The molecule has 0 unspecified atom stereocenters. The number of hydrogen-bond acceptors (Lipinski definition) is 6. The molecule has 0 fully saturated rings. The molecule has 15 heavy (non-hydrogen) atoms. The number of nitrogens with zero attached hydrogens (tertiary/aromatic N) is 3. The van der Waals surface area contributed by atoms with Gasteiger partial charge in [-0.25, -0.2) is 4.98 Å². The third-order valence-corrected chi connectivity index (χ3v) is 2.83. The Hall–Kier alpha value is -1.34. The number of nitro groups is 1. The van der Waals surface area contributed by atoms with Crippen LogP contribution in [0.1, 0.15) is 0 Å². The summed E-state index contributed by atoms with van der Waals surface area (Å²) < 4.78 is 0.397. The summed E-state index contributed by atoms with van der Waals surface area (Å²) in [4.78, 5) is 15.3. The highest BCUT2D eigenvalue weighted by Crippen LogP contribution is 2.27. The maximum atomic E-state index is 10.3. The molecule has 0 aliphatic rings. The van der Waals surface area contributed by atoms with Crippen LogP contribution in [0, 0.1) is 10.1 Å². The Bertz CT molecular complexity index is 392. The van der Waals surface area contributed by atoms with Gasteiger partial charge in [0.05, 0.1) is 11.1 Å². The van der Waals surface area contributed by atoms with E-state index in [1.165, 1.54) is 11.3 Å². The van der Waals surface area contributed by atoms with Crippen LogP contribution in [0.15, 0.2) is 18.2 Å². The average Bonchev–Trinajstić information content (AvgIpc) is 2.60. The Morgan fingerprint density at radius 3 is 2.93 bits per heavy atom. The summed E-state index contributed by atoms with van der Waals surface area (Å²) in [7, 11) is 3.30. The van der Waals surface area contributed by atoms with Gasteiger partial charge in [0.15, 0.2) is 10.3 Å². The fourth-order valence-electron chi connectivity index (χ4n) is 0.937. The lowest BCUT2D eigenvalue weighted by molar-refractivity contribution is -0.403. The number of rotatable bonds is 4. The molecule has 8 heteroatoms. The lowest BCUT2D eigenvalue weighted by Crippen LogP contribution is -2.26. The minimum Gasteiger partial charge on any atom is -0.369 e. The predicted octanol–water partition coefficient (Wildman–Crippen LogP) is 1.53. The number of nitrogens with one attached hydrogen (secondary N) is 1. The van der Waals surface area contributed by atoms with Gasteiger partial charge >= 0.3 is 0 Å². The second kappa shape index (κ2) is 4.94. The largest absolute Gasteiger partial charge is 0.369 e. The molecule has 1 aromatic heterocycles. The van der Waals surface area contributed by atoms with Crippen molar-refractivity contribution in [3.05, 3.63) is 32.8 Å². The molecule has 0 saturated carbocycles. The van der Waals surface area contributed by atoms with Gasteiger partial charge in [0.1, 0.15) is 5.00 Å². The van der Waals surface area contributed by atoms with Crippen LogP contribution >= 0.6 is 22.9 Å². The first-order chi connectivity index (χ1) is 7.04. The molecule has 0 radical (unpaired) electrons. The van der Waals surface area contributed by atoms with Crippen molar-refractivity contribution in [2.45, 2.75) is 0 Å². The minimum absolute atomic E-state index is 0.361. The first-order valence-electron chi connectivity index (χ1n) is 3.92. The van der Waals surface area contributed by atoms with Crippen LogP contribution in [0.2, 0.25) is 4.47 Å². The third kappa shape index (κ3) is 3.07. The van der Waals surface area contributed by atoms with E-state index in [0.29, 0.717) is 10.3 Å². The molecule has 82 valence electrons. The molecule has 1 heterocycles. The maximum absolute atomic E-state index is 10.3. The third-order valence-electron chi connectivity index (χ3n) is 1.64. The monoisotopic (exact) mass is 248 g/mol. The van der Waals surface area contributed by atoms with E-state index in [1.54, 1.807) is 25.2 Å². The first-order valence-corrected chi connectivity index (χ1v) is 5.12. The number of hydrogen-bond donors (Lipinski definition) is 1. The standard InChI is InChI=1S/C7H9ClN4O2S/c1-9-5(4-12(13)14)11(2)6-3-10-7(8)15-6/h3-4,9H,1-2H3/b5-4+. The van der Waals surface area contributed by atoms with E-state index in [2.05, 4.69) is 10.3 Å². The van der Waals surface area contributed by atoms with E-state index >= 15 is 0 Å². The molecule has 0 saturated heterocycles. The van der Waals surface area contributed by atoms with E-state index in [9.17, 15) is 10.1 Å². The summed E-state index contributed by atoms with van der Waals surface area (Å²) in [6, 6.07) is 0. The van der Waals surface area contributed by atoms with Gasteiger partial charge < -0.3 is 10.2 Å². The SMILES string of the molecule is CN/C(=C\[N+](=O)[O-])N(C)c1cnc(Cl)s1. The van der Waals surface area contributed by atoms with Gasteiger partial charge in [-0.1, -0.05) is 22.9 Å². The number of anilines is 1. The second-order valence-electron chi connectivity index (χ2n) is 2.56. The smallest absolute Gasteiger partial charge is 0.274 e. The van der Waals surface area contributed by atoms with E-state index in [0.717, 1.165) is 11.2 Å². The fraction of sp³-hybridized carbons (Fsp3) is 0.286. The Morgan fingerprint density at radius 1 is 1.87 bits per heavy atom. The lowest BCUT2D eigenvalue weighted by atomic mass is 10.6. The molecule has 0 aliphatic heterocycles. The summed E-state index contributed by atoms with van der Waals surface area (Å²) in [5.74, 6) is 0.361. The van der Waals surface area contributed by atoms with Crippen LogP contribution in [-0.2, 0) is 0 Å². The normalized spacial score (nSPS) is 11.3. The Balaban J connectivity index is 2.91. The molecule has 0 bridgehead atoms.